The predicted molar refractivity (Wildman–Crippen MR) is 109 cm³/mol. The topological polar surface area (TPSA) is 62.3 Å². The molecule has 0 fully saturated rings. The molecule has 0 bridgehead atoms. The zero-order valence-electron chi connectivity index (χ0n) is 14.3. The van der Waals surface area contributed by atoms with Crippen molar-refractivity contribution in [2.45, 2.75) is 13.0 Å². The number of nitrogens with one attached hydrogen (secondary N) is 1. The van der Waals surface area contributed by atoms with Crippen LogP contribution in [0, 0.1) is 0 Å². The van der Waals surface area contributed by atoms with Gasteiger partial charge in [0.1, 0.15) is 0 Å². The molecule has 2 amide bonds. The summed E-state index contributed by atoms with van der Waals surface area (Å²) in [5.74, 6) is -0.172. The summed E-state index contributed by atoms with van der Waals surface area (Å²) in [4.78, 5) is 32.4. The minimum absolute atomic E-state index is 0.0226. The predicted octanol–water partition coefficient (Wildman–Crippen LogP) is 4.36. The van der Waals surface area contributed by atoms with Gasteiger partial charge in [-0.15, -0.1) is 0 Å². The van der Waals surface area contributed by atoms with Crippen LogP contribution in [0.15, 0.2) is 59.1 Å². The molecule has 0 radical (unpaired) electrons. The van der Waals surface area contributed by atoms with Crippen LogP contribution in [0.3, 0.4) is 0 Å². The van der Waals surface area contributed by atoms with Crippen LogP contribution >= 0.6 is 27.3 Å². The third-order valence-corrected chi connectivity index (χ3v) is 5.84. The SMILES string of the molecule is O=C(Nc1nc2c(s1)CN(C(=O)c1ccccc1)CC2)c1cccc(Br)c1. The third kappa shape index (κ3) is 3.94. The van der Waals surface area contributed by atoms with Gasteiger partial charge in [0.05, 0.1) is 12.2 Å². The fourth-order valence-electron chi connectivity index (χ4n) is 2.98. The zero-order chi connectivity index (χ0) is 18.8. The number of rotatable bonds is 3. The highest BCUT2D eigenvalue weighted by Gasteiger charge is 2.25. The van der Waals surface area contributed by atoms with Crippen molar-refractivity contribution in [3.05, 3.63) is 80.8 Å². The highest BCUT2D eigenvalue weighted by atomic mass is 79.9. The average Bonchev–Trinajstić information content (AvgIpc) is 3.09. The zero-order valence-corrected chi connectivity index (χ0v) is 16.7. The summed E-state index contributed by atoms with van der Waals surface area (Å²) in [6.45, 7) is 1.15. The lowest BCUT2D eigenvalue weighted by atomic mass is 10.1. The standard InChI is InChI=1S/C20H16BrN3O2S/c21-15-8-4-7-14(11-15)18(25)23-20-22-16-9-10-24(12-17(16)27-20)19(26)13-5-2-1-3-6-13/h1-8,11H,9-10,12H2,(H,22,23,25). The molecule has 1 aliphatic rings. The fraction of sp³-hybridized carbons (Fsp3) is 0.150. The number of anilines is 1. The van der Waals surface area contributed by atoms with Crippen LogP contribution in [0.2, 0.25) is 0 Å². The molecule has 27 heavy (non-hydrogen) atoms. The van der Waals surface area contributed by atoms with Gasteiger partial charge in [0, 0.05) is 33.4 Å². The van der Waals surface area contributed by atoms with Crippen molar-refractivity contribution in [3.63, 3.8) is 0 Å². The Bertz CT molecular complexity index is 1000. The summed E-state index contributed by atoms with van der Waals surface area (Å²) >= 11 is 4.80. The van der Waals surface area contributed by atoms with Crippen molar-refractivity contribution < 1.29 is 9.59 Å². The van der Waals surface area contributed by atoms with Gasteiger partial charge >= 0.3 is 0 Å². The number of fused-ring (bicyclic) bond motifs is 1. The van der Waals surface area contributed by atoms with E-state index in [1.807, 2.05) is 47.4 Å². The molecule has 1 aromatic heterocycles. The Morgan fingerprint density at radius 3 is 2.63 bits per heavy atom. The largest absolute Gasteiger partial charge is 0.333 e. The Morgan fingerprint density at radius 1 is 1.07 bits per heavy atom. The monoisotopic (exact) mass is 441 g/mol. The number of aromatic nitrogens is 1. The van der Waals surface area contributed by atoms with E-state index in [1.165, 1.54) is 11.3 Å². The molecule has 1 aliphatic heterocycles. The fourth-order valence-corrected chi connectivity index (χ4v) is 4.40. The Hall–Kier alpha value is -2.51. The molecule has 5 nitrogen and oxygen atoms in total. The van der Waals surface area contributed by atoms with Crippen LogP contribution in [0.25, 0.3) is 0 Å². The summed E-state index contributed by atoms with van der Waals surface area (Å²) in [7, 11) is 0. The van der Waals surface area contributed by atoms with Crippen LogP contribution in [0.5, 0.6) is 0 Å². The molecule has 2 aromatic carbocycles. The summed E-state index contributed by atoms with van der Waals surface area (Å²) in [6, 6.07) is 16.5. The van der Waals surface area contributed by atoms with Crippen molar-refractivity contribution in [1.29, 1.82) is 0 Å². The van der Waals surface area contributed by atoms with Gasteiger partial charge in [0.15, 0.2) is 5.13 Å². The number of halogens is 1. The molecule has 0 spiro atoms. The van der Waals surface area contributed by atoms with E-state index in [0.717, 1.165) is 15.0 Å². The molecule has 0 saturated carbocycles. The second kappa shape index (κ2) is 7.62. The minimum atomic E-state index is -0.195. The van der Waals surface area contributed by atoms with Gasteiger partial charge in [-0.3, -0.25) is 14.9 Å². The number of benzene rings is 2. The average molecular weight is 442 g/mol. The summed E-state index contributed by atoms with van der Waals surface area (Å²) in [5.41, 5.74) is 2.22. The Balaban J connectivity index is 1.47. The van der Waals surface area contributed by atoms with Gasteiger partial charge in [-0.1, -0.05) is 51.5 Å². The smallest absolute Gasteiger partial charge is 0.257 e. The van der Waals surface area contributed by atoms with Crippen molar-refractivity contribution in [1.82, 2.24) is 9.88 Å². The van der Waals surface area contributed by atoms with E-state index >= 15 is 0 Å². The Labute approximate surface area is 169 Å². The third-order valence-electron chi connectivity index (χ3n) is 4.35. The first-order valence-corrected chi connectivity index (χ1v) is 10.1. The number of thiazole rings is 1. The number of hydrogen-bond donors (Lipinski definition) is 1. The lowest BCUT2D eigenvalue weighted by molar-refractivity contribution is 0.0736. The van der Waals surface area contributed by atoms with Gasteiger partial charge in [-0.25, -0.2) is 4.98 Å². The molecule has 7 heteroatoms. The molecule has 4 rings (SSSR count). The molecule has 0 saturated heterocycles. The number of nitrogens with zero attached hydrogens (tertiary/aromatic N) is 2. The first-order chi connectivity index (χ1) is 13.1. The highest BCUT2D eigenvalue weighted by Crippen LogP contribution is 2.29. The van der Waals surface area contributed by atoms with Crippen molar-refractivity contribution in [3.8, 4) is 0 Å². The van der Waals surface area contributed by atoms with E-state index < -0.39 is 0 Å². The molecule has 0 unspecified atom stereocenters. The second-order valence-electron chi connectivity index (χ2n) is 6.20. The van der Waals surface area contributed by atoms with E-state index in [9.17, 15) is 9.59 Å². The first kappa shape index (κ1) is 17.9. The summed E-state index contributed by atoms with van der Waals surface area (Å²) in [5, 5.41) is 3.43. The second-order valence-corrected chi connectivity index (χ2v) is 8.20. The van der Waals surface area contributed by atoms with Crippen LogP contribution in [0.4, 0.5) is 5.13 Å². The maximum absolute atomic E-state index is 12.6. The van der Waals surface area contributed by atoms with Crippen molar-refractivity contribution in [2.75, 3.05) is 11.9 Å². The number of carbonyl (C=O) groups is 2. The van der Waals surface area contributed by atoms with E-state index in [0.29, 0.717) is 35.8 Å². The quantitative estimate of drug-likeness (QED) is 0.656. The maximum Gasteiger partial charge on any atom is 0.257 e. The van der Waals surface area contributed by atoms with Gasteiger partial charge in [0.2, 0.25) is 0 Å². The molecule has 3 aromatic rings. The maximum atomic E-state index is 12.6. The van der Waals surface area contributed by atoms with E-state index in [2.05, 4.69) is 26.2 Å². The van der Waals surface area contributed by atoms with Crippen LogP contribution in [-0.2, 0) is 13.0 Å². The Kier molecular flexibility index (Phi) is 5.05. The molecule has 0 atom stereocenters. The number of amides is 2. The van der Waals surface area contributed by atoms with Crippen molar-refractivity contribution >= 4 is 44.2 Å². The molecule has 136 valence electrons. The molecular formula is C20H16BrN3O2S. The van der Waals surface area contributed by atoms with Gasteiger partial charge in [-0.05, 0) is 30.3 Å². The van der Waals surface area contributed by atoms with Gasteiger partial charge in [-0.2, -0.15) is 0 Å². The summed E-state index contributed by atoms with van der Waals surface area (Å²) in [6.07, 6.45) is 0.692. The van der Waals surface area contributed by atoms with Crippen LogP contribution in [-0.4, -0.2) is 28.2 Å². The molecule has 1 N–H and O–H groups in total. The number of carbonyl (C=O) groups excluding carboxylic acids is 2. The molecular weight excluding hydrogens is 426 g/mol. The van der Waals surface area contributed by atoms with Gasteiger partial charge < -0.3 is 4.90 Å². The minimum Gasteiger partial charge on any atom is -0.333 e. The first-order valence-electron chi connectivity index (χ1n) is 8.50. The van der Waals surface area contributed by atoms with E-state index in [1.54, 1.807) is 12.1 Å². The highest BCUT2D eigenvalue weighted by molar-refractivity contribution is 9.10. The summed E-state index contributed by atoms with van der Waals surface area (Å²) < 4.78 is 0.851. The molecule has 2 heterocycles. The lowest BCUT2D eigenvalue weighted by Crippen LogP contribution is -2.35. The molecule has 0 aliphatic carbocycles. The number of hydrogen-bond acceptors (Lipinski definition) is 4. The van der Waals surface area contributed by atoms with Crippen LogP contribution < -0.4 is 5.32 Å². The Morgan fingerprint density at radius 2 is 1.85 bits per heavy atom. The van der Waals surface area contributed by atoms with E-state index in [4.69, 9.17) is 0 Å². The van der Waals surface area contributed by atoms with Crippen molar-refractivity contribution in [2.24, 2.45) is 0 Å². The van der Waals surface area contributed by atoms with Crippen LogP contribution in [0.1, 0.15) is 31.3 Å². The van der Waals surface area contributed by atoms with E-state index in [-0.39, 0.29) is 11.8 Å². The lowest BCUT2D eigenvalue weighted by Gasteiger charge is -2.26. The normalized spacial score (nSPS) is 13.1. The van der Waals surface area contributed by atoms with Gasteiger partial charge in [0.25, 0.3) is 11.8 Å².